The van der Waals surface area contributed by atoms with Crippen LogP contribution in [0.15, 0.2) is 0 Å². The average molecular weight is 326 g/mol. The summed E-state index contributed by atoms with van der Waals surface area (Å²) in [7, 11) is -1.75. The maximum Gasteiger partial charge on any atom is 0.115 e. The third kappa shape index (κ3) is 2.90. The predicted molar refractivity (Wildman–Crippen MR) is 97.2 cm³/mol. The normalized spacial score (nSPS) is 32.9. The van der Waals surface area contributed by atoms with Crippen LogP contribution in [-0.4, -0.2) is 30.0 Å². The SMILES string of the molecule is C[Si](C)N([Si](C)C)[Si](C)(C)CC1CC[C@@H]2C[C@H]1C2(C)C. The van der Waals surface area contributed by atoms with Gasteiger partial charge in [-0.15, -0.1) is 0 Å². The lowest BCUT2D eigenvalue weighted by molar-refractivity contribution is -0.0992. The lowest BCUT2D eigenvalue weighted by atomic mass is 9.46. The molecule has 1 nitrogen and oxygen atoms in total. The van der Waals surface area contributed by atoms with Gasteiger partial charge in [0.1, 0.15) is 26.2 Å². The van der Waals surface area contributed by atoms with Gasteiger partial charge >= 0.3 is 0 Å². The average Bonchev–Trinajstić information content (AvgIpc) is 2.25. The topological polar surface area (TPSA) is 3.24 Å². The summed E-state index contributed by atoms with van der Waals surface area (Å²) in [6.07, 6.45) is 4.60. The summed E-state index contributed by atoms with van der Waals surface area (Å²) in [5.41, 5.74) is 0.663. The minimum atomic E-state index is -1.20. The Morgan fingerprint density at radius 3 is 2.00 bits per heavy atom. The fraction of sp³-hybridized carbons (Fsp3) is 1.00. The van der Waals surface area contributed by atoms with Crippen LogP contribution < -0.4 is 0 Å². The number of fused-ring (bicyclic) bond motifs is 2. The van der Waals surface area contributed by atoms with Gasteiger partial charge < -0.3 is 3.90 Å². The zero-order chi connectivity index (χ0) is 15.3. The van der Waals surface area contributed by atoms with Crippen LogP contribution in [0.4, 0.5) is 0 Å². The van der Waals surface area contributed by atoms with E-state index in [1.165, 1.54) is 12.8 Å². The molecule has 4 heteroatoms. The van der Waals surface area contributed by atoms with Crippen LogP contribution >= 0.6 is 0 Å². The van der Waals surface area contributed by atoms with Gasteiger partial charge in [0, 0.05) is 0 Å². The summed E-state index contributed by atoms with van der Waals surface area (Å²) in [5, 5.41) is 0. The van der Waals surface area contributed by atoms with Crippen LogP contribution in [0.1, 0.15) is 33.1 Å². The molecule has 3 rings (SSSR count). The van der Waals surface area contributed by atoms with Crippen molar-refractivity contribution in [2.45, 2.75) is 78.4 Å². The summed E-state index contributed by atoms with van der Waals surface area (Å²) in [5.74, 6) is 3.14. The molecule has 2 radical (unpaired) electrons. The van der Waals surface area contributed by atoms with Crippen LogP contribution in [0.5, 0.6) is 0 Å². The van der Waals surface area contributed by atoms with Gasteiger partial charge in [0.15, 0.2) is 0 Å². The molecule has 3 aliphatic carbocycles. The molecule has 0 saturated heterocycles. The quantitative estimate of drug-likeness (QED) is 0.638. The minimum absolute atomic E-state index is 0.272. The molecule has 3 atom stereocenters. The van der Waals surface area contributed by atoms with Gasteiger partial charge in [-0.05, 0) is 42.1 Å². The lowest BCUT2D eigenvalue weighted by Crippen LogP contribution is -2.62. The Hall–Kier alpha value is 0.611. The number of rotatable bonds is 5. The monoisotopic (exact) mass is 325 g/mol. The van der Waals surface area contributed by atoms with E-state index in [-0.39, 0.29) is 17.9 Å². The van der Waals surface area contributed by atoms with Crippen molar-refractivity contribution in [3.05, 3.63) is 0 Å². The highest BCUT2D eigenvalue weighted by Crippen LogP contribution is 2.62. The molecule has 20 heavy (non-hydrogen) atoms. The second-order valence-corrected chi connectivity index (χ2v) is 19.4. The van der Waals surface area contributed by atoms with Gasteiger partial charge in [0.2, 0.25) is 0 Å². The van der Waals surface area contributed by atoms with Crippen molar-refractivity contribution in [2.75, 3.05) is 0 Å². The van der Waals surface area contributed by atoms with Crippen LogP contribution in [0.25, 0.3) is 0 Å². The Morgan fingerprint density at radius 1 is 1.05 bits per heavy atom. The Labute approximate surface area is 132 Å². The molecule has 3 fully saturated rings. The highest BCUT2D eigenvalue weighted by atomic mass is 28.4. The van der Waals surface area contributed by atoms with Gasteiger partial charge in [0.05, 0.1) is 0 Å². The van der Waals surface area contributed by atoms with E-state index in [1.807, 2.05) is 0 Å². The zero-order valence-electron chi connectivity index (χ0n) is 15.0. The molecule has 0 aromatic heterocycles. The first-order chi connectivity index (χ1) is 9.07. The highest BCUT2D eigenvalue weighted by Gasteiger charge is 2.55. The van der Waals surface area contributed by atoms with E-state index in [0.29, 0.717) is 5.41 Å². The molecule has 0 aromatic rings. The second-order valence-electron chi connectivity index (χ2n) is 8.94. The fourth-order valence-corrected chi connectivity index (χ4v) is 21.4. The van der Waals surface area contributed by atoms with Crippen LogP contribution in [0, 0.1) is 23.2 Å². The van der Waals surface area contributed by atoms with E-state index >= 15 is 0 Å². The van der Waals surface area contributed by atoms with E-state index in [4.69, 9.17) is 0 Å². The molecule has 3 aliphatic rings. The predicted octanol–water partition coefficient (Wildman–Crippen LogP) is 5.07. The van der Waals surface area contributed by atoms with Crippen molar-refractivity contribution in [3.63, 3.8) is 0 Å². The lowest BCUT2D eigenvalue weighted by Gasteiger charge is -2.61. The first-order valence-corrected chi connectivity index (χ1v) is 16.5. The van der Waals surface area contributed by atoms with Crippen LogP contribution in [0.3, 0.4) is 0 Å². The summed E-state index contributed by atoms with van der Waals surface area (Å²) in [6.45, 7) is 20.5. The van der Waals surface area contributed by atoms with Gasteiger partial charge in [-0.2, -0.15) is 0 Å². The highest BCUT2D eigenvalue weighted by molar-refractivity contribution is 6.93. The number of hydrogen-bond acceptors (Lipinski definition) is 1. The van der Waals surface area contributed by atoms with E-state index in [9.17, 15) is 0 Å². The molecular weight excluding hydrogens is 290 g/mol. The van der Waals surface area contributed by atoms with Crippen molar-refractivity contribution >= 4 is 26.2 Å². The summed E-state index contributed by atoms with van der Waals surface area (Å²) < 4.78 is 3.07. The van der Waals surface area contributed by atoms with E-state index in [1.54, 1.807) is 12.5 Å². The molecule has 1 unspecified atom stereocenters. The molecule has 0 heterocycles. The fourth-order valence-electron chi connectivity index (χ4n) is 5.60. The Balaban J connectivity index is 2.08. The van der Waals surface area contributed by atoms with Gasteiger partial charge in [0.25, 0.3) is 0 Å². The number of hydrogen-bond donors (Lipinski definition) is 0. The minimum Gasteiger partial charge on any atom is -0.370 e. The smallest absolute Gasteiger partial charge is 0.115 e. The first kappa shape index (κ1) is 17.0. The van der Waals surface area contributed by atoms with Crippen molar-refractivity contribution in [3.8, 4) is 0 Å². The Bertz CT molecular complexity index is 342. The molecule has 0 N–H and O–H groups in total. The van der Waals surface area contributed by atoms with Gasteiger partial charge in [-0.3, -0.25) is 0 Å². The molecule has 0 amide bonds. The van der Waals surface area contributed by atoms with E-state index in [2.05, 4.69) is 57.0 Å². The van der Waals surface area contributed by atoms with Gasteiger partial charge in [-0.25, -0.2) is 0 Å². The van der Waals surface area contributed by atoms with Crippen LogP contribution in [-0.2, 0) is 0 Å². The molecular formula is C16H35NSi3. The Kier molecular flexibility index (Phi) is 4.81. The van der Waals surface area contributed by atoms with Crippen molar-refractivity contribution < 1.29 is 0 Å². The third-order valence-corrected chi connectivity index (χ3v) is 19.8. The molecule has 0 spiro atoms. The van der Waals surface area contributed by atoms with E-state index in [0.717, 1.165) is 17.8 Å². The zero-order valence-corrected chi connectivity index (χ0v) is 18.0. The molecule has 2 bridgehead atoms. The largest absolute Gasteiger partial charge is 0.370 e. The van der Waals surface area contributed by atoms with Crippen molar-refractivity contribution in [1.29, 1.82) is 0 Å². The molecule has 0 aliphatic heterocycles. The third-order valence-electron chi connectivity index (χ3n) is 6.26. The van der Waals surface area contributed by atoms with Crippen molar-refractivity contribution in [2.24, 2.45) is 23.2 Å². The molecule has 0 aromatic carbocycles. The summed E-state index contributed by atoms with van der Waals surface area (Å²) in [6, 6.07) is 1.57. The first-order valence-electron chi connectivity index (χ1n) is 8.48. The summed E-state index contributed by atoms with van der Waals surface area (Å²) >= 11 is 0. The van der Waals surface area contributed by atoms with Crippen molar-refractivity contribution in [1.82, 2.24) is 3.90 Å². The summed E-state index contributed by atoms with van der Waals surface area (Å²) in [4.78, 5) is 0. The number of nitrogens with zero attached hydrogens (tertiary/aromatic N) is 1. The maximum atomic E-state index is 3.07. The van der Waals surface area contributed by atoms with Crippen LogP contribution in [0.2, 0.25) is 45.3 Å². The second kappa shape index (κ2) is 5.67. The standard InChI is InChI=1S/C16H35NSi3/c1-16(2)14-10-9-13(15(16)11-14)12-20(7,8)17(18(3)4)19(5)6/h13-15H,9-12H2,1-8H3/t13?,14-,15-/m1/s1. The molecule has 116 valence electrons. The Morgan fingerprint density at radius 2 is 1.60 bits per heavy atom. The molecule has 3 saturated carbocycles. The maximum absolute atomic E-state index is 3.07. The van der Waals surface area contributed by atoms with E-state index < -0.39 is 8.24 Å². The van der Waals surface area contributed by atoms with Gasteiger partial charge in [-0.1, -0.05) is 59.6 Å².